The number of hydrogen-bond donors (Lipinski definition) is 1. The van der Waals surface area contributed by atoms with E-state index in [2.05, 4.69) is 20.4 Å². The lowest BCUT2D eigenvalue weighted by Crippen LogP contribution is -2.45. The van der Waals surface area contributed by atoms with Crippen LogP contribution in [0.3, 0.4) is 0 Å². The Morgan fingerprint density at radius 3 is 2.74 bits per heavy atom. The number of nitrogens with zero attached hydrogens (tertiary/aromatic N) is 7. The Hall–Kier alpha value is -4.08. The predicted molar refractivity (Wildman–Crippen MR) is 125 cm³/mol. The van der Waals surface area contributed by atoms with Crippen LogP contribution in [-0.4, -0.2) is 46.1 Å². The number of anilines is 2. The van der Waals surface area contributed by atoms with E-state index in [0.717, 1.165) is 22.6 Å². The Kier molecular flexibility index (Phi) is 5.35. The molecular formula is C24H25FN8O. The number of rotatable bonds is 5. The van der Waals surface area contributed by atoms with Crippen molar-refractivity contribution in [1.82, 2.24) is 34.2 Å². The summed E-state index contributed by atoms with van der Waals surface area (Å²) in [5.41, 5.74) is 4.28. The fourth-order valence-corrected chi connectivity index (χ4v) is 4.19. The molecule has 0 radical (unpaired) electrons. The SMILES string of the molecule is Cc1cc(CN2C(=O)c3cc(-c4nc(Nc5ccnn5C)ncc4C)cn3CC2C)ncc1F. The van der Waals surface area contributed by atoms with Crippen LogP contribution in [0.5, 0.6) is 0 Å². The van der Waals surface area contributed by atoms with Gasteiger partial charge in [0.15, 0.2) is 0 Å². The van der Waals surface area contributed by atoms with Crippen molar-refractivity contribution in [2.45, 2.75) is 39.9 Å². The first-order chi connectivity index (χ1) is 16.3. The third-order valence-corrected chi connectivity index (χ3v) is 6.11. The van der Waals surface area contributed by atoms with Gasteiger partial charge < -0.3 is 14.8 Å². The van der Waals surface area contributed by atoms with Crippen LogP contribution in [0.15, 0.2) is 43.0 Å². The Balaban J connectivity index is 1.43. The van der Waals surface area contributed by atoms with Crippen molar-refractivity contribution < 1.29 is 9.18 Å². The normalized spacial score (nSPS) is 15.5. The van der Waals surface area contributed by atoms with Crippen LogP contribution in [-0.2, 0) is 20.1 Å². The van der Waals surface area contributed by atoms with Gasteiger partial charge in [-0.2, -0.15) is 5.10 Å². The lowest BCUT2D eigenvalue weighted by atomic mass is 10.1. The molecule has 0 saturated carbocycles. The van der Waals surface area contributed by atoms with Crippen molar-refractivity contribution in [2.24, 2.45) is 7.05 Å². The summed E-state index contributed by atoms with van der Waals surface area (Å²) in [5.74, 6) is 0.786. The molecule has 5 rings (SSSR count). The van der Waals surface area contributed by atoms with Crippen molar-refractivity contribution in [2.75, 3.05) is 5.32 Å². The number of pyridine rings is 1. The minimum atomic E-state index is -0.349. The van der Waals surface area contributed by atoms with E-state index >= 15 is 0 Å². The first kappa shape index (κ1) is 21.7. The minimum absolute atomic E-state index is 0.0408. The third-order valence-electron chi connectivity index (χ3n) is 6.11. The number of aromatic nitrogens is 6. The van der Waals surface area contributed by atoms with Gasteiger partial charge in [0.2, 0.25) is 5.95 Å². The number of amides is 1. The topological polar surface area (TPSA) is 93.8 Å². The number of nitrogens with one attached hydrogen (secondary N) is 1. The number of carbonyl (C=O) groups is 1. The lowest BCUT2D eigenvalue weighted by Gasteiger charge is -2.34. The minimum Gasteiger partial charge on any atom is -0.341 e. The molecule has 0 fully saturated rings. The molecule has 0 bridgehead atoms. The molecule has 0 aromatic carbocycles. The Morgan fingerprint density at radius 2 is 2.00 bits per heavy atom. The molecule has 0 saturated heterocycles. The van der Waals surface area contributed by atoms with Crippen molar-refractivity contribution in [3.8, 4) is 11.3 Å². The van der Waals surface area contributed by atoms with E-state index in [1.54, 1.807) is 35.0 Å². The highest BCUT2D eigenvalue weighted by atomic mass is 19.1. The molecule has 174 valence electrons. The number of fused-ring (bicyclic) bond motifs is 1. The summed E-state index contributed by atoms with van der Waals surface area (Å²) in [5, 5.41) is 7.32. The summed E-state index contributed by atoms with van der Waals surface area (Å²) >= 11 is 0. The highest BCUT2D eigenvalue weighted by Crippen LogP contribution is 2.29. The molecule has 34 heavy (non-hydrogen) atoms. The fourth-order valence-electron chi connectivity index (χ4n) is 4.19. The van der Waals surface area contributed by atoms with Gasteiger partial charge in [0.05, 0.1) is 30.3 Å². The molecule has 0 aliphatic carbocycles. The maximum Gasteiger partial charge on any atom is 0.271 e. The van der Waals surface area contributed by atoms with Gasteiger partial charge in [-0.1, -0.05) is 0 Å². The van der Waals surface area contributed by atoms with Crippen LogP contribution in [0, 0.1) is 19.7 Å². The largest absolute Gasteiger partial charge is 0.341 e. The van der Waals surface area contributed by atoms with Gasteiger partial charge in [0, 0.05) is 43.7 Å². The van der Waals surface area contributed by atoms with Gasteiger partial charge in [-0.25, -0.2) is 14.4 Å². The second-order valence-corrected chi connectivity index (χ2v) is 8.66. The lowest BCUT2D eigenvalue weighted by molar-refractivity contribution is 0.0592. The van der Waals surface area contributed by atoms with Gasteiger partial charge >= 0.3 is 0 Å². The van der Waals surface area contributed by atoms with Crippen LogP contribution in [0.25, 0.3) is 11.3 Å². The molecule has 4 aromatic heterocycles. The Bertz CT molecular complexity index is 1390. The van der Waals surface area contributed by atoms with Crippen LogP contribution in [0.4, 0.5) is 16.2 Å². The average molecular weight is 461 g/mol. The molecule has 4 aromatic rings. The first-order valence-electron chi connectivity index (χ1n) is 11.0. The monoisotopic (exact) mass is 460 g/mol. The van der Waals surface area contributed by atoms with Crippen molar-refractivity contribution in [1.29, 1.82) is 0 Å². The molecule has 1 atom stereocenters. The summed E-state index contributed by atoms with van der Waals surface area (Å²) < 4.78 is 17.3. The summed E-state index contributed by atoms with van der Waals surface area (Å²) in [6.07, 6.45) is 6.63. The van der Waals surface area contributed by atoms with Crippen molar-refractivity contribution >= 4 is 17.7 Å². The number of hydrogen-bond acceptors (Lipinski definition) is 6. The van der Waals surface area contributed by atoms with E-state index in [-0.39, 0.29) is 17.8 Å². The molecule has 0 spiro atoms. The fraction of sp³-hybridized carbons (Fsp3) is 0.292. The Labute approximate surface area is 196 Å². The summed E-state index contributed by atoms with van der Waals surface area (Å²) in [6, 6.07) is 5.36. The van der Waals surface area contributed by atoms with Gasteiger partial charge in [-0.15, -0.1) is 0 Å². The summed E-state index contributed by atoms with van der Waals surface area (Å²) in [6.45, 7) is 6.61. The van der Waals surface area contributed by atoms with Gasteiger partial charge in [0.25, 0.3) is 5.91 Å². The van der Waals surface area contributed by atoms with E-state index in [1.807, 2.05) is 43.8 Å². The quantitative estimate of drug-likeness (QED) is 0.489. The maximum absolute atomic E-state index is 13.6. The Morgan fingerprint density at radius 1 is 1.18 bits per heavy atom. The number of carbonyl (C=O) groups excluding carboxylic acids is 1. The zero-order chi connectivity index (χ0) is 24.0. The van der Waals surface area contributed by atoms with E-state index < -0.39 is 0 Å². The second kappa shape index (κ2) is 8.36. The number of aryl methyl sites for hydroxylation is 3. The van der Waals surface area contributed by atoms with E-state index in [4.69, 9.17) is 4.98 Å². The van der Waals surface area contributed by atoms with Crippen molar-refractivity contribution in [3.63, 3.8) is 0 Å². The molecule has 1 amide bonds. The molecule has 1 aliphatic rings. The number of halogens is 1. The molecule has 9 nitrogen and oxygen atoms in total. The predicted octanol–water partition coefficient (Wildman–Crippen LogP) is 3.62. The second-order valence-electron chi connectivity index (χ2n) is 8.66. The zero-order valence-electron chi connectivity index (χ0n) is 19.4. The van der Waals surface area contributed by atoms with Crippen LogP contribution in [0.2, 0.25) is 0 Å². The average Bonchev–Trinajstić information content (AvgIpc) is 3.41. The molecule has 1 unspecified atom stereocenters. The van der Waals surface area contributed by atoms with Crippen LogP contribution in [0.1, 0.15) is 34.2 Å². The summed E-state index contributed by atoms with van der Waals surface area (Å²) in [7, 11) is 1.83. The molecule has 5 heterocycles. The first-order valence-corrected chi connectivity index (χ1v) is 11.0. The molecule has 1 N–H and O–H groups in total. The molecule has 1 aliphatic heterocycles. The maximum atomic E-state index is 13.6. The van der Waals surface area contributed by atoms with Gasteiger partial charge in [-0.3, -0.25) is 14.5 Å². The van der Waals surface area contributed by atoms with E-state index in [1.165, 1.54) is 6.20 Å². The zero-order valence-corrected chi connectivity index (χ0v) is 19.4. The van der Waals surface area contributed by atoms with Gasteiger partial charge in [-0.05, 0) is 44.0 Å². The van der Waals surface area contributed by atoms with E-state index in [9.17, 15) is 9.18 Å². The highest BCUT2D eigenvalue weighted by molar-refractivity contribution is 5.95. The van der Waals surface area contributed by atoms with Crippen molar-refractivity contribution in [3.05, 3.63) is 71.3 Å². The van der Waals surface area contributed by atoms with E-state index in [0.29, 0.717) is 36.0 Å². The molecule has 10 heteroatoms. The van der Waals surface area contributed by atoms with Crippen LogP contribution < -0.4 is 5.32 Å². The summed E-state index contributed by atoms with van der Waals surface area (Å²) in [4.78, 5) is 28.4. The van der Waals surface area contributed by atoms with Crippen LogP contribution >= 0.6 is 0 Å². The molecular weight excluding hydrogens is 435 g/mol. The standard InChI is InChI=1S/C24H25FN8O/c1-14-7-18(26-10-19(14)25)13-33-16(3)11-32-12-17(8-20(32)23(33)34)22-15(2)9-27-24(30-22)29-21-5-6-28-31(21)4/h5-10,12,16H,11,13H2,1-4H3,(H,27,29,30). The highest BCUT2D eigenvalue weighted by Gasteiger charge is 2.31. The third kappa shape index (κ3) is 3.91. The smallest absolute Gasteiger partial charge is 0.271 e. The van der Waals surface area contributed by atoms with Gasteiger partial charge in [0.1, 0.15) is 17.3 Å².